The normalized spacial score (nSPS) is 10.7. The molecule has 1 N–H and O–H groups in total. The number of benzene rings is 2. The molecule has 0 aliphatic carbocycles. The average Bonchev–Trinajstić information content (AvgIpc) is 2.54. The van der Waals surface area contributed by atoms with Gasteiger partial charge in [-0.1, -0.05) is 12.1 Å². The van der Waals surface area contributed by atoms with Gasteiger partial charge in [-0.05, 0) is 35.9 Å². The lowest BCUT2D eigenvalue weighted by Gasteiger charge is -2.04. The first-order chi connectivity index (χ1) is 11.1. The number of methoxy groups -OCH3 is 1. The second-order valence-corrected chi connectivity index (χ2v) is 4.57. The van der Waals surface area contributed by atoms with Gasteiger partial charge in [0.1, 0.15) is 17.4 Å². The Morgan fingerprint density at radius 2 is 1.91 bits per heavy atom. The number of anilines is 1. The van der Waals surface area contributed by atoms with Gasteiger partial charge >= 0.3 is 0 Å². The van der Waals surface area contributed by atoms with E-state index >= 15 is 0 Å². The molecule has 6 heteroatoms. The van der Waals surface area contributed by atoms with Crippen LogP contribution in [0.15, 0.2) is 48.5 Å². The van der Waals surface area contributed by atoms with Crippen LogP contribution in [0.4, 0.5) is 14.5 Å². The Labute approximate surface area is 132 Å². The first kappa shape index (κ1) is 16.6. The van der Waals surface area contributed by atoms with Gasteiger partial charge in [-0.15, -0.1) is 0 Å². The Kier molecular flexibility index (Phi) is 5.82. The molecule has 0 heterocycles. The van der Waals surface area contributed by atoms with Crippen LogP contribution in [-0.4, -0.2) is 19.8 Å². The van der Waals surface area contributed by atoms with Crippen LogP contribution in [-0.2, 0) is 9.53 Å². The third kappa shape index (κ3) is 5.19. The van der Waals surface area contributed by atoms with Crippen LogP contribution in [0.2, 0.25) is 0 Å². The van der Waals surface area contributed by atoms with E-state index in [2.05, 4.69) is 5.32 Å². The number of carbonyl (C=O) groups is 1. The van der Waals surface area contributed by atoms with E-state index in [1.807, 2.05) is 0 Å². The molecule has 0 bridgehead atoms. The fraction of sp³-hybridized carbons (Fsp3) is 0.118. The molecule has 120 valence electrons. The van der Waals surface area contributed by atoms with Gasteiger partial charge in [0.15, 0.2) is 6.79 Å². The van der Waals surface area contributed by atoms with Crippen molar-refractivity contribution in [2.45, 2.75) is 0 Å². The van der Waals surface area contributed by atoms with Crippen LogP contribution in [0.5, 0.6) is 5.75 Å². The molecule has 0 aromatic heterocycles. The molecule has 0 atom stereocenters. The predicted octanol–water partition coefficient (Wildman–Crippen LogP) is 3.60. The van der Waals surface area contributed by atoms with Gasteiger partial charge in [-0.3, -0.25) is 4.79 Å². The number of hydrogen-bond acceptors (Lipinski definition) is 3. The molecule has 1 amide bonds. The molecule has 2 rings (SSSR count). The molecule has 0 aliphatic rings. The summed E-state index contributed by atoms with van der Waals surface area (Å²) in [6, 6.07) is 9.92. The number of amides is 1. The Bertz CT molecular complexity index is 699. The van der Waals surface area contributed by atoms with E-state index in [0.717, 1.165) is 11.6 Å². The molecular weight excluding hydrogens is 304 g/mol. The molecule has 0 radical (unpaired) electrons. The van der Waals surface area contributed by atoms with Gasteiger partial charge in [-0.2, -0.15) is 0 Å². The lowest BCUT2D eigenvalue weighted by Crippen LogP contribution is -2.09. The third-order valence-electron chi connectivity index (χ3n) is 2.84. The zero-order chi connectivity index (χ0) is 16.7. The number of carbonyl (C=O) groups excluding carboxylic acids is 1. The Morgan fingerprint density at radius 3 is 2.57 bits per heavy atom. The monoisotopic (exact) mass is 319 g/mol. The molecule has 23 heavy (non-hydrogen) atoms. The Balaban J connectivity index is 1.95. The van der Waals surface area contributed by atoms with Crippen molar-refractivity contribution in [3.05, 3.63) is 65.7 Å². The van der Waals surface area contributed by atoms with Crippen LogP contribution in [0.25, 0.3) is 6.08 Å². The van der Waals surface area contributed by atoms with Gasteiger partial charge in [-0.25, -0.2) is 8.78 Å². The minimum Gasteiger partial charge on any atom is -0.468 e. The second-order valence-electron chi connectivity index (χ2n) is 4.57. The zero-order valence-electron chi connectivity index (χ0n) is 12.4. The van der Waals surface area contributed by atoms with Crippen LogP contribution in [0.1, 0.15) is 5.56 Å². The lowest BCUT2D eigenvalue weighted by atomic mass is 10.2. The summed E-state index contributed by atoms with van der Waals surface area (Å²) in [5, 5.41) is 2.34. The summed E-state index contributed by atoms with van der Waals surface area (Å²) < 4.78 is 36.2. The van der Waals surface area contributed by atoms with Crippen LogP contribution in [0, 0.1) is 11.6 Å². The van der Waals surface area contributed by atoms with Crippen molar-refractivity contribution in [1.82, 2.24) is 0 Å². The number of hydrogen-bond donors (Lipinski definition) is 1. The maximum absolute atomic E-state index is 13.4. The van der Waals surface area contributed by atoms with Gasteiger partial charge in [0, 0.05) is 19.3 Å². The highest BCUT2D eigenvalue weighted by molar-refractivity contribution is 6.01. The second kappa shape index (κ2) is 8.05. The van der Waals surface area contributed by atoms with Gasteiger partial charge in [0.2, 0.25) is 5.91 Å². The molecule has 0 aliphatic heterocycles. The minimum atomic E-state index is -0.827. The highest BCUT2D eigenvalue weighted by Crippen LogP contribution is 2.16. The summed E-state index contributed by atoms with van der Waals surface area (Å²) >= 11 is 0. The summed E-state index contributed by atoms with van der Waals surface area (Å²) in [6.45, 7) is 0.154. The lowest BCUT2D eigenvalue weighted by molar-refractivity contribution is -0.111. The summed E-state index contributed by atoms with van der Waals surface area (Å²) in [5.74, 6) is -1.41. The topological polar surface area (TPSA) is 47.6 Å². The molecule has 0 saturated heterocycles. The molecular formula is C17H15F2NO3. The van der Waals surface area contributed by atoms with Crippen molar-refractivity contribution in [2.75, 3.05) is 19.2 Å². The van der Waals surface area contributed by atoms with E-state index in [9.17, 15) is 13.6 Å². The summed E-state index contributed by atoms with van der Waals surface area (Å²) in [5.41, 5.74) is 0.689. The fourth-order valence-corrected chi connectivity index (χ4v) is 1.74. The van der Waals surface area contributed by atoms with Crippen molar-refractivity contribution in [2.24, 2.45) is 0 Å². The van der Waals surface area contributed by atoms with Crippen molar-refractivity contribution in [1.29, 1.82) is 0 Å². The number of halogens is 2. The zero-order valence-corrected chi connectivity index (χ0v) is 12.4. The SMILES string of the molecule is COCOc1ccc(/C=C/C(=O)Nc2ccc(F)cc2F)cc1. The highest BCUT2D eigenvalue weighted by Gasteiger charge is 2.05. The number of ether oxygens (including phenoxy) is 2. The highest BCUT2D eigenvalue weighted by atomic mass is 19.1. The average molecular weight is 319 g/mol. The van der Waals surface area contributed by atoms with Gasteiger partial charge in [0.05, 0.1) is 5.69 Å². The van der Waals surface area contributed by atoms with E-state index in [1.54, 1.807) is 30.3 Å². The fourth-order valence-electron chi connectivity index (χ4n) is 1.74. The van der Waals surface area contributed by atoms with E-state index < -0.39 is 17.5 Å². The largest absolute Gasteiger partial charge is 0.468 e. The van der Waals surface area contributed by atoms with E-state index in [-0.39, 0.29) is 12.5 Å². The van der Waals surface area contributed by atoms with Crippen LogP contribution >= 0.6 is 0 Å². The molecule has 0 spiro atoms. The molecule has 2 aromatic carbocycles. The van der Waals surface area contributed by atoms with Crippen molar-refractivity contribution in [3.8, 4) is 5.75 Å². The van der Waals surface area contributed by atoms with E-state index in [0.29, 0.717) is 11.8 Å². The van der Waals surface area contributed by atoms with Gasteiger partial charge in [0.25, 0.3) is 0 Å². The maximum atomic E-state index is 13.4. The van der Waals surface area contributed by atoms with Crippen molar-refractivity contribution < 1.29 is 23.0 Å². The number of rotatable bonds is 6. The molecule has 4 nitrogen and oxygen atoms in total. The van der Waals surface area contributed by atoms with Crippen molar-refractivity contribution in [3.63, 3.8) is 0 Å². The molecule has 0 unspecified atom stereocenters. The standard InChI is InChI=1S/C17H15F2NO3/c1-22-11-23-14-6-2-12(3-7-14)4-9-17(21)20-16-8-5-13(18)10-15(16)19/h2-10H,11H2,1H3,(H,20,21)/b9-4+. The molecule has 0 fully saturated rings. The third-order valence-corrected chi connectivity index (χ3v) is 2.84. The van der Waals surface area contributed by atoms with Crippen LogP contribution in [0.3, 0.4) is 0 Å². The summed E-state index contributed by atoms with van der Waals surface area (Å²) in [7, 11) is 1.53. The van der Waals surface area contributed by atoms with Gasteiger partial charge < -0.3 is 14.8 Å². The first-order valence-corrected chi connectivity index (χ1v) is 6.74. The first-order valence-electron chi connectivity index (χ1n) is 6.74. The van der Waals surface area contributed by atoms with Crippen molar-refractivity contribution >= 4 is 17.7 Å². The molecule has 2 aromatic rings. The molecule has 0 saturated carbocycles. The van der Waals surface area contributed by atoms with E-state index in [1.165, 1.54) is 19.3 Å². The quantitative estimate of drug-likeness (QED) is 0.654. The maximum Gasteiger partial charge on any atom is 0.248 e. The minimum absolute atomic E-state index is 0.0793. The predicted molar refractivity (Wildman–Crippen MR) is 83.0 cm³/mol. The summed E-state index contributed by atoms with van der Waals surface area (Å²) in [6.07, 6.45) is 2.82. The number of nitrogens with one attached hydrogen (secondary N) is 1. The van der Waals surface area contributed by atoms with Crippen LogP contribution < -0.4 is 10.1 Å². The smallest absolute Gasteiger partial charge is 0.248 e. The summed E-state index contributed by atoms with van der Waals surface area (Å²) in [4.78, 5) is 11.7. The van der Waals surface area contributed by atoms with E-state index in [4.69, 9.17) is 9.47 Å². The Morgan fingerprint density at radius 1 is 1.17 bits per heavy atom. The Hall–Kier alpha value is -2.73.